The van der Waals surface area contributed by atoms with E-state index in [0.717, 1.165) is 88.0 Å². The minimum atomic E-state index is 0.799. The van der Waals surface area contributed by atoms with E-state index in [-0.39, 0.29) is 0 Å². The van der Waals surface area contributed by atoms with E-state index in [9.17, 15) is 0 Å². The molecule has 2 aromatic rings. The molecule has 0 unspecified atom stereocenters. The summed E-state index contributed by atoms with van der Waals surface area (Å²) >= 11 is 0. The Hall–Kier alpha value is -2.96. The smallest absolute Gasteiger partial charge is 0.0544 e. The van der Waals surface area contributed by atoms with Gasteiger partial charge >= 0.3 is 0 Å². The molecule has 0 saturated carbocycles. The van der Waals surface area contributed by atoms with Gasteiger partial charge in [0, 0.05) is 76.2 Å². The Bertz CT molecular complexity index is 873. The third kappa shape index (κ3) is 7.32. The second kappa shape index (κ2) is 12.2. The lowest BCUT2D eigenvalue weighted by Crippen LogP contribution is -2.40. The van der Waals surface area contributed by atoms with Crippen LogP contribution in [0.1, 0.15) is 24.2 Å². The highest BCUT2D eigenvalue weighted by Gasteiger charge is 2.15. The van der Waals surface area contributed by atoms with Gasteiger partial charge in [-0.25, -0.2) is 0 Å². The van der Waals surface area contributed by atoms with Gasteiger partial charge in [0.1, 0.15) is 0 Å². The third-order valence-corrected chi connectivity index (χ3v) is 5.57. The molecule has 0 radical (unpaired) electrons. The Morgan fingerprint density at radius 3 is 1.53 bits per heavy atom. The molecule has 0 amide bonds. The van der Waals surface area contributed by atoms with Crippen molar-refractivity contribution in [2.75, 3.05) is 39.3 Å². The second-order valence-electron chi connectivity index (χ2n) is 8.19. The normalized spacial score (nSPS) is 15.8. The molecule has 0 atom stereocenters. The molecule has 0 N–H and O–H groups in total. The summed E-state index contributed by atoms with van der Waals surface area (Å²) in [5, 5.41) is 0. The van der Waals surface area contributed by atoms with E-state index in [4.69, 9.17) is 9.98 Å². The lowest BCUT2D eigenvalue weighted by Gasteiger charge is -2.28. The van der Waals surface area contributed by atoms with E-state index >= 15 is 0 Å². The van der Waals surface area contributed by atoms with Gasteiger partial charge in [0.05, 0.1) is 11.4 Å². The number of pyridine rings is 2. The van der Waals surface area contributed by atoms with Crippen molar-refractivity contribution >= 4 is 11.4 Å². The summed E-state index contributed by atoms with van der Waals surface area (Å²) in [5.41, 5.74) is 4.48. The molecule has 0 spiro atoms. The van der Waals surface area contributed by atoms with Gasteiger partial charge < -0.3 is 0 Å². The molecule has 0 fully saturated rings. The zero-order valence-corrected chi connectivity index (χ0v) is 18.7. The third-order valence-electron chi connectivity index (χ3n) is 5.57. The number of rotatable bonds is 11. The summed E-state index contributed by atoms with van der Waals surface area (Å²) in [4.78, 5) is 23.4. The van der Waals surface area contributed by atoms with Crippen LogP contribution in [-0.2, 0) is 13.1 Å². The van der Waals surface area contributed by atoms with E-state index in [1.807, 2.05) is 24.5 Å². The van der Waals surface area contributed by atoms with E-state index in [1.54, 1.807) is 0 Å². The van der Waals surface area contributed by atoms with E-state index in [1.165, 1.54) is 0 Å². The van der Waals surface area contributed by atoms with E-state index in [2.05, 4.69) is 68.3 Å². The lowest BCUT2D eigenvalue weighted by molar-refractivity contribution is 0.212. The lowest BCUT2D eigenvalue weighted by atomic mass is 10.2. The maximum Gasteiger partial charge on any atom is 0.0544 e. The molecule has 6 nitrogen and oxygen atoms in total. The summed E-state index contributed by atoms with van der Waals surface area (Å²) < 4.78 is 0. The van der Waals surface area contributed by atoms with Crippen LogP contribution in [0.25, 0.3) is 0 Å². The standard InChI is InChI=1S/C26H32N6/c1-5-13-27-23(9-1)19-31(20-24-10-2-6-14-28-24)17-18-32(21-25-11-3-7-15-29-25)22-26-12-4-8-16-30-26/h1-6,9-14H,7-8,15-22H2. The Balaban J connectivity index is 1.44. The summed E-state index contributed by atoms with van der Waals surface area (Å²) in [5.74, 6) is 0. The highest BCUT2D eigenvalue weighted by atomic mass is 15.2. The van der Waals surface area contributed by atoms with Crippen molar-refractivity contribution in [3.05, 3.63) is 84.5 Å². The van der Waals surface area contributed by atoms with Crippen LogP contribution in [0, 0.1) is 0 Å². The Morgan fingerprint density at radius 2 is 1.12 bits per heavy atom. The minimum Gasteiger partial charge on any atom is -0.290 e. The molecule has 2 aliphatic rings. The number of dihydropyridines is 2. The molecule has 0 aromatic carbocycles. The molecule has 0 bridgehead atoms. The van der Waals surface area contributed by atoms with Gasteiger partial charge in [-0.1, -0.05) is 24.3 Å². The van der Waals surface area contributed by atoms with E-state index in [0.29, 0.717) is 0 Å². The fourth-order valence-electron chi connectivity index (χ4n) is 3.93. The van der Waals surface area contributed by atoms with Crippen LogP contribution in [0.3, 0.4) is 0 Å². The molecule has 6 heteroatoms. The second-order valence-corrected chi connectivity index (χ2v) is 8.19. The van der Waals surface area contributed by atoms with Crippen molar-refractivity contribution < 1.29 is 0 Å². The first-order chi connectivity index (χ1) is 15.8. The van der Waals surface area contributed by atoms with Gasteiger partial charge in [0.2, 0.25) is 0 Å². The highest BCUT2D eigenvalue weighted by molar-refractivity contribution is 5.99. The summed E-state index contributed by atoms with van der Waals surface area (Å²) in [6, 6.07) is 12.2. The molecular formula is C26H32N6. The van der Waals surface area contributed by atoms with Gasteiger partial charge in [-0.3, -0.25) is 29.8 Å². The molecule has 0 aliphatic carbocycles. The first-order valence-electron chi connectivity index (χ1n) is 11.5. The van der Waals surface area contributed by atoms with Crippen LogP contribution in [0.4, 0.5) is 0 Å². The van der Waals surface area contributed by atoms with Crippen molar-refractivity contribution in [1.82, 2.24) is 19.8 Å². The van der Waals surface area contributed by atoms with Gasteiger partial charge in [-0.2, -0.15) is 0 Å². The SMILES string of the molecule is C1=CC(CN(CCN(Cc2ccccn2)Cc2ccccn2)CC2=NCCC=C2)=NCC1. The van der Waals surface area contributed by atoms with Crippen LogP contribution in [0.2, 0.25) is 0 Å². The van der Waals surface area contributed by atoms with Crippen LogP contribution in [-0.4, -0.2) is 70.5 Å². The Kier molecular flexibility index (Phi) is 8.46. The largest absolute Gasteiger partial charge is 0.290 e. The van der Waals surface area contributed by atoms with Gasteiger partial charge in [-0.05, 0) is 49.3 Å². The average molecular weight is 429 g/mol. The van der Waals surface area contributed by atoms with Crippen molar-refractivity contribution in [2.45, 2.75) is 25.9 Å². The molecule has 4 rings (SSSR count). The molecule has 32 heavy (non-hydrogen) atoms. The molecule has 2 aliphatic heterocycles. The van der Waals surface area contributed by atoms with Gasteiger partial charge in [0.15, 0.2) is 0 Å². The number of aliphatic imine (C=N–C) groups is 2. The fourth-order valence-corrected chi connectivity index (χ4v) is 3.93. The van der Waals surface area contributed by atoms with Gasteiger partial charge in [0.25, 0.3) is 0 Å². The minimum absolute atomic E-state index is 0.799. The van der Waals surface area contributed by atoms with Crippen LogP contribution in [0.5, 0.6) is 0 Å². The summed E-state index contributed by atoms with van der Waals surface area (Å²) in [6.07, 6.45) is 14.6. The number of aromatic nitrogens is 2. The molecule has 2 aromatic heterocycles. The topological polar surface area (TPSA) is 57.0 Å². The number of nitrogens with zero attached hydrogens (tertiary/aromatic N) is 6. The molecular weight excluding hydrogens is 396 g/mol. The Labute approximate surface area is 191 Å². The average Bonchev–Trinajstić information content (AvgIpc) is 2.85. The summed E-state index contributed by atoms with van der Waals surface area (Å²) in [7, 11) is 0. The summed E-state index contributed by atoms with van der Waals surface area (Å²) in [6.45, 7) is 6.94. The first kappa shape index (κ1) is 22.2. The van der Waals surface area contributed by atoms with Gasteiger partial charge in [-0.15, -0.1) is 0 Å². The van der Waals surface area contributed by atoms with Crippen LogP contribution < -0.4 is 0 Å². The number of hydrogen-bond acceptors (Lipinski definition) is 6. The number of hydrogen-bond donors (Lipinski definition) is 0. The van der Waals surface area contributed by atoms with Crippen molar-refractivity contribution in [1.29, 1.82) is 0 Å². The highest BCUT2D eigenvalue weighted by Crippen LogP contribution is 2.09. The molecule has 4 heterocycles. The monoisotopic (exact) mass is 428 g/mol. The maximum atomic E-state index is 4.72. The first-order valence-corrected chi connectivity index (χ1v) is 11.5. The molecule has 0 saturated heterocycles. The van der Waals surface area contributed by atoms with Crippen LogP contribution >= 0.6 is 0 Å². The quantitative estimate of drug-likeness (QED) is 0.549. The predicted molar refractivity (Wildman–Crippen MR) is 131 cm³/mol. The predicted octanol–water partition coefficient (Wildman–Crippen LogP) is 3.58. The zero-order chi connectivity index (χ0) is 21.8. The van der Waals surface area contributed by atoms with Crippen molar-refractivity contribution in [2.24, 2.45) is 9.98 Å². The van der Waals surface area contributed by atoms with E-state index < -0.39 is 0 Å². The molecule has 166 valence electrons. The Morgan fingerprint density at radius 1 is 0.625 bits per heavy atom. The van der Waals surface area contributed by atoms with Crippen LogP contribution in [0.15, 0.2) is 83.1 Å². The zero-order valence-electron chi connectivity index (χ0n) is 18.7. The fraction of sp³-hybridized carbons (Fsp3) is 0.385. The van der Waals surface area contributed by atoms with Crippen molar-refractivity contribution in [3.8, 4) is 0 Å². The van der Waals surface area contributed by atoms with Crippen molar-refractivity contribution in [3.63, 3.8) is 0 Å². The maximum absolute atomic E-state index is 4.72.